The topological polar surface area (TPSA) is 95.0 Å². The van der Waals surface area contributed by atoms with Crippen molar-refractivity contribution in [3.8, 4) is 0 Å². The van der Waals surface area contributed by atoms with Gasteiger partial charge < -0.3 is 20.9 Å². The Bertz CT molecular complexity index is 375. The van der Waals surface area contributed by atoms with Gasteiger partial charge in [0.05, 0.1) is 12.3 Å². The van der Waals surface area contributed by atoms with Crippen LogP contribution in [0, 0.1) is 0 Å². The Morgan fingerprint density at radius 3 is 2.88 bits per heavy atom. The van der Waals surface area contributed by atoms with Crippen LogP contribution in [0.1, 0.15) is 19.0 Å². The van der Waals surface area contributed by atoms with E-state index in [4.69, 9.17) is 16.0 Å². The Balaban J connectivity index is 3.08. The fraction of sp³-hybridized carbons (Fsp3) is 0.455. The van der Waals surface area contributed by atoms with Crippen molar-refractivity contribution in [2.75, 3.05) is 24.6 Å². The number of oxime groups is 1. The summed E-state index contributed by atoms with van der Waals surface area (Å²) in [4.78, 5) is 6.05. The maximum absolute atomic E-state index is 9.04. The average molecular weight is 238 g/mol. The zero-order valence-electron chi connectivity index (χ0n) is 9.87. The van der Waals surface area contributed by atoms with Crippen LogP contribution < -0.4 is 10.6 Å². The number of aliphatic hydroxyl groups excluding tert-OH is 1. The summed E-state index contributed by atoms with van der Waals surface area (Å²) >= 11 is 0. The molecule has 1 heterocycles. The van der Waals surface area contributed by atoms with Crippen LogP contribution in [0.2, 0.25) is 0 Å². The van der Waals surface area contributed by atoms with E-state index in [-0.39, 0.29) is 12.4 Å². The first-order valence-electron chi connectivity index (χ1n) is 5.53. The van der Waals surface area contributed by atoms with Gasteiger partial charge in [-0.1, -0.05) is 12.1 Å². The first-order chi connectivity index (χ1) is 8.24. The number of nitrogens with two attached hydrogens (primary N) is 1. The van der Waals surface area contributed by atoms with Gasteiger partial charge in [-0.05, 0) is 18.6 Å². The van der Waals surface area contributed by atoms with E-state index in [0.717, 1.165) is 18.7 Å². The zero-order chi connectivity index (χ0) is 12.7. The second-order valence-corrected chi connectivity index (χ2v) is 3.57. The average Bonchev–Trinajstić information content (AvgIpc) is 2.37. The molecule has 1 aromatic heterocycles. The summed E-state index contributed by atoms with van der Waals surface area (Å²) in [6.07, 6.45) is 2.52. The van der Waals surface area contributed by atoms with Crippen LogP contribution in [-0.2, 0) is 0 Å². The van der Waals surface area contributed by atoms with Crippen LogP contribution in [0.15, 0.2) is 23.5 Å². The lowest BCUT2D eigenvalue weighted by molar-refractivity contribution is 0.301. The Kier molecular flexibility index (Phi) is 5.22. The predicted molar refractivity (Wildman–Crippen MR) is 66.3 cm³/mol. The molecule has 6 heteroatoms. The van der Waals surface area contributed by atoms with E-state index in [0.29, 0.717) is 12.2 Å². The zero-order valence-corrected chi connectivity index (χ0v) is 9.87. The molecule has 1 rings (SSSR count). The Morgan fingerprint density at radius 1 is 1.53 bits per heavy atom. The molecule has 6 nitrogen and oxygen atoms in total. The molecule has 17 heavy (non-hydrogen) atoms. The number of hydrogen-bond acceptors (Lipinski definition) is 5. The lowest BCUT2D eigenvalue weighted by Gasteiger charge is -2.24. The lowest BCUT2D eigenvalue weighted by atomic mass is 10.2. The molecule has 0 radical (unpaired) electrons. The van der Waals surface area contributed by atoms with Gasteiger partial charge in [-0.25, -0.2) is 0 Å². The highest BCUT2D eigenvalue weighted by Crippen LogP contribution is 2.18. The van der Waals surface area contributed by atoms with Gasteiger partial charge in [0.1, 0.15) is 5.69 Å². The fourth-order valence-electron chi connectivity index (χ4n) is 1.64. The molecule has 0 saturated heterocycles. The van der Waals surface area contributed by atoms with Crippen LogP contribution in [-0.4, -0.2) is 40.8 Å². The summed E-state index contributed by atoms with van der Waals surface area (Å²) in [7, 11) is 0. The predicted octanol–water partition coefficient (Wildman–Crippen LogP) is 0.385. The molecule has 0 aliphatic rings. The summed E-state index contributed by atoms with van der Waals surface area (Å²) in [6.45, 7) is 3.36. The molecule has 94 valence electrons. The minimum atomic E-state index is -0.0281. The quantitative estimate of drug-likeness (QED) is 0.288. The van der Waals surface area contributed by atoms with E-state index >= 15 is 0 Å². The smallest absolute Gasteiger partial charge is 0.190 e. The Morgan fingerprint density at radius 2 is 2.29 bits per heavy atom. The molecule has 0 spiro atoms. The minimum absolute atomic E-state index is 0.0281. The number of aliphatic hydroxyl groups is 1. The number of pyridine rings is 1. The van der Waals surface area contributed by atoms with Crippen LogP contribution >= 0.6 is 0 Å². The van der Waals surface area contributed by atoms with Crippen LogP contribution in [0.3, 0.4) is 0 Å². The summed E-state index contributed by atoms with van der Waals surface area (Å²) in [5.41, 5.74) is 6.76. The maximum Gasteiger partial charge on any atom is 0.190 e. The van der Waals surface area contributed by atoms with Crippen LogP contribution in [0.4, 0.5) is 5.69 Å². The number of anilines is 1. The summed E-state index contributed by atoms with van der Waals surface area (Å²) in [5, 5.41) is 20.7. The first kappa shape index (κ1) is 13.2. The molecule has 0 saturated carbocycles. The highest BCUT2D eigenvalue weighted by atomic mass is 16.4. The van der Waals surface area contributed by atoms with E-state index in [9.17, 15) is 0 Å². The van der Waals surface area contributed by atoms with Crippen LogP contribution in [0.25, 0.3) is 0 Å². The molecular formula is C11H18N4O2. The molecular weight excluding hydrogens is 220 g/mol. The molecule has 0 aliphatic carbocycles. The highest BCUT2D eigenvalue weighted by Gasteiger charge is 2.13. The third kappa shape index (κ3) is 3.32. The number of hydrogen-bond donors (Lipinski definition) is 3. The van der Waals surface area contributed by atoms with E-state index in [1.54, 1.807) is 12.3 Å². The van der Waals surface area contributed by atoms with E-state index in [1.165, 1.54) is 0 Å². The third-order valence-electron chi connectivity index (χ3n) is 2.34. The van der Waals surface area contributed by atoms with Gasteiger partial charge in [0.25, 0.3) is 0 Å². The largest absolute Gasteiger partial charge is 0.409 e. The van der Waals surface area contributed by atoms with Crippen molar-refractivity contribution in [2.45, 2.75) is 13.3 Å². The molecule has 1 aromatic rings. The van der Waals surface area contributed by atoms with Crippen molar-refractivity contribution in [1.82, 2.24) is 4.98 Å². The Labute approximate surface area is 100 Å². The van der Waals surface area contributed by atoms with Gasteiger partial charge in [-0.15, -0.1) is 0 Å². The van der Waals surface area contributed by atoms with Gasteiger partial charge in [0.2, 0.25) is 0 Å². The molecule has 0 bridgehead atoms. The standard InChI is InChI=1S/C11H18N4O2/c1-2-6-15(7-8-16)9-4-3-5-13-10(9)11(12)14-17/h3-5,16-17H,2,6-8H2,1H3,(H2,12,14). The van der Waals surface area contributed by atoms with Gasteiger partial charge in [0, 0.05) is 19.3 Å². The van der Waals surface area contributed by atoms with Crippen molar-refractivity contribution in [3.63, 3.8) is 0 Å². The van der Waals surface area contributed by atoms with Crippen molar-refractivity contribution < 1.29 is 10.3 Å². The van der Waals surface area contributed by atoms with E-state index in [2.05, 4.69) is 10.1 Å². The van der Waals surface area contributed by atoms with Gasteiger partial charge in [-0.2, -0.15) is 0 Å². The summed E-state index contributed by atoms with van der Waals surface area (Å²) < 4.78 is 0. The number of amidine groups is 1. The second kappa shape index (κ2) is 6.70. The van der Waals surface area contributed by atoms with E-state index < -0.39 is 0 Å². The minimum Gasteiger partial charge on any atom is -0.409 e. The monoisotopic (exact) mass is 238 g/mol. The van der Waals surface area contributed by atoms with Crippen LogP contribution in [0.5, 0.6) is 0 Å². The molecule has 0 atom stereocenters. The normalized spacial score (nSPS) is 11.5. The molecule has 0 aromatic carbocycles. The molecule has 0 fully saturated rings. The van der Waals surface area contributed by atoms with Gasteiger partial charge in [-0.3, -0.25) is 4.98 Å². The van der Waals surface area contributed by atoms with Crippen molar-refractivity contribution >= 4 is 11.5 Å². The van der Waals surface area contributed by atoms with E-state index in [1.807, 2.05) is 17.9 Å². The molecule has 4 N–H and O–H groups in total. The molecule has 0 aliphatic heterocycles. The molecule has 0 amide bonds. The summed E-state index contributed by atoms with van der Waals surface area (Å²) in [5.74, 6) is -0.0281. The Hall–Kier alpha value is -1.82. The van der Waals surface area contributed by atoms with Gasteiger partial charge >= 0.3 is 0 Å². The SMILES string of the molecule is CCCN(CCO)c1cccnc1/C(N)=N/O. The lowest BCUT2D eigenvalue weighted by Crippen LogP contribution is -2.30. The number of rotatable bonds is 6. The third-order valence-corrected chi connectivity index (χ3v) is 2.34. The number of aromatic nitrogens is 1. The van der Waals surface area contributed by atoms with Crippen molar-refractivity contribution in [3.05, 3.63) is 24.0 Å². The maximum atomic E-state index is 9.04. The first-order valence-corrected chi connectivity index (χ1v) is 5.53. The fourth-order valence-corrected chi connectivity index (χ4v) is 1.64. The summed E-state index contributed by atoms with van der Waals surface area (Å²) in [6, 6.07) is 3.62. The number of nitrogens with zero attached hydrogens (tertiary/aromatic N) is 3. The highest BCUT2D eigenvalue weighted by molar-refractivity contribution is 6.00. The van der Waals surface area contributed by atoms with Crippen molar-refractivity contribution in [2.24, 2.45) is 10.9 Å². The van der Waals surface area contributed by atoms with Gasteiger partial charge in [0.15, 0.2) is 5.84 Å². The molecule has 0 unspecified atom stereocenters. The van der Waals surface area contributed by atoms with Crippen molar-refractivity contribution in [1.29, 1.82) is 0 Å². The second-order valence-electron chi connectivity index (χ2n) is 3.57.